The first-order valence-corrected chi connectivity index (χ1v) is 9.01. The van der Waals surface area contributed by atoms with Gasteiger partial charge < -0.3 is 9.47 Å². The highest BCUT2D eigenvalue weighted by Gasteiger charge is 2.11. The van der Waals surface area contributed by atoms with Crippen LogP contribution >= 0.6 is 15.9 Å². The molecule has 0 bridgehead atoms. The minimum absolute atomic E-state index is 0.192. The lowest BCUT2D eigenvalue weighted by Gasteiger charge is -2.10. The second-order valence-corrected chi connectivity index (χ2v) is 6.62. The van der Waals surface area contributed by atoms with Gasteiger partial charge in [0.15, 0.2) is 18.1 Å². The fourth-order valence-corrected chi connectivity index (χ4v) is 2.63. The van der Waals surface area contributed by atoms with Crippen molar-refractivity contribution in [1.29, 1.82) is 5.26 Å². The molecule has 0 saturated heterocycles. The molecule has 3 rings (SSSR count). The Morgan fingerprint density at radius 1 is 1.25 bits per heavy atom. The first-order valence-electron chi connectivity index (χ1n) is 8.22. The van der Waals surface area contributed by atoms with Crippen LogP contribution < -0.4 is 14.8 Å². The van der Waals surface area contributed by atoms with Crippen molar-refractivity contribution in [1.82, 2.24) is 14.8 Å². The number of ether oxygens (including phenoxy) is 2. The van der Waals surface area contributed by atoms with E-state index in [1.807, 2.05) is 30.3 Å². The highest BCUT2D eigenvalue weighted by molar-refractivity contribution is 9.10. The Hall–Kier alpha value is -3.38. The third-order valence-corrected chi connectivity index (χ3v) is 4.23. The van der Waals surface area contributed by atoms with Gasteiger partial charge in [-0.2, -0.15) is 5.26 Å². The van der Waals surface area contributed by atoms with Crippen molar-refractivity contribution in [3.63, 3.8) is 0 Å². The molecular weight excluding hydrogens is 426 g/mol. The van der Waals surface area contributed by atoms with E-state index < -0.39 is 5.91 Å². The summed E-state index contributed by atoms with van der Waals surface area (Å²) in [6, 6.07) is 14.6. The smallest absolute Gasteiger partial charge is 0.264 e. The number of anilines is 1. The summed E-state index contributed by atoms with van der Waals surface area (Å²) in [4.78, 5) is 16.2. The molecule has 3 aromatic rings. The molecule has 0 aliphatic rings. The largest absolute Gasteiger partial charge is 0.493 e. The van der Waals surface area contributed by atoms with Crippen LogP contribution in [0.2, 0.25) is 0 Å². The van der Waals surface area contributed by atoms with Crippen LogP contribution in [0.5, 0.6) is 11.5 Å². The van der Waals surface area contributed by atoms with Gasteiger partial charge >= 0.3 is 0 Å². The van der Waals surface area contributed by atoms with Gasteiger partial charge in [-0.05, 0) is 29.8 Å². The van der Waals surface area contributed by atoms with Gasteiger partial charge in [-0.15, -0.1) is 5.10 Å². The van der Waals surface area contributed by atoms with Gasteiger partial charge in [-0.3, -0.25) is 10.1 Å². The van der Waals surface area contributed by atoms with E-state index in [0.717, 1.165) is 10.0 Å². The van der Waals surface area contributed by atoms with Gasteiger partial charge in [0.25, 0.3) is 5.91 Å². The van der Waals surface area contributed by atoms with Gasteiger partial charge in [0, 0.05) is 10.5 Å². The number of methoxy groups -OCH3 is 1. The third-order valence-electron chi connectivity index (χ3n) is 3.70. The van der Waals surface area contributed by atoms with Gasteiger partial charge in [0.2, 0.25) is 5.95 Å². The number of nitrogens with zero attached hydrogens (tertiary/aromatic N) is 4. The fraction of sp³-hybridized carbons (Fsp3) is 0.158. The SMILES string of the molecule is COc1cc(C#N)ccc1OCC(=O)Nc1ncn(Cc2ccc(Br)cc2)n1. The molecule has 0 aliphatic carbocycles. The Labute approximate surface area is 169 Å². The summed E-state index contributed by atoms with van der Waals surface area (Å²) in [5.41, 5.74) is 1.50. The monoisotopic (exact) mass is 441 g/mol. The van der Waals surface area contributed by atoms with Crippen molar-refractivity contribution in [2.24, 2.45) is 0 Å². The molecule has 1 aromatic heterocycles. The summed E-state index contributed by atoms with van der Waals surface area (Å²) >= 11 is 3.39. The number of benzene rings is 2. The van der Waals surface area contributed by atoms with E-state index in [9.17, 15) is 4.79 Å². The molecule has 142 valence electrons. The Morgan fingerprint density at radius 3 is 2.75 bits per heavy atom. The highest BCUT2D eigenvalue weighted by atomic mass is 79.9. The van der Waals surface area contributed by atoms with E-state index in [4.69, 9.17) is 14.7 Å². The Balaban J connectivity index is 1.55. The minimum Gasteiger partial charge on any atom is -0.493 e. The van der Waals surface area contributed by atoms with Crippen molar-refractivity contribution in [2.45, 2.75) is 6.54 Å². The van der Waals surface area contributed by atoms with Gasteiger partial charge in [0.1, 0.15) is 6.33 Å². The molecule has 1 heterocycles. The van der Waals surface area contributed by atoms with Gasteiger partial charge in [-0.25, -0.2) is 9.67 Å². The number of hydrogen-bond acceptors (Lipinski definition) is 6. The molecule has 1 N–H and O–H groups in total. The number of aromatic nitrogens is 3. The van der Waals surface area contributed by atoms with E-state index in [1.165, 1.54) is 7.11 Å². The molecule has 2 aromatic carbocycles. The van der Waals surface area contributed by atoms with Crippen LogP contribution in [-0.2, 0) is 11.3 Å². The molecule has 1 amide bonds. The summed E-state index contributed by atoms with van der Waals surface area (Å²) < 4.78 is 13.3. The lowest BCUT2D eigenvalue weighted by molar-refractivity contribution is -0.118. The molecule has 0 fully saturated rings. The maximum Gasteiger partial charge on any atom is 0.264 e. The van der Waals surface area contributed by atoms with E-state index in [-0.39, 0.29) is 12.6 Å². The van der Waals surface area contributed by atoms with E-state index >= 15 is 0 Å². The van der Waals surface area contributed by atoms with Crippen LogP contribution in [0.4, 0.5) is 5.95 Å². The maximum atomic E-state index is 12.1. The summed E-state index contributed by atoms with van der Waals surface area (Å²) in [6.07, 6.45) is 1.54. The zero-order valence-electron chi connectivity index (χ0n) is 14.9. The predicted molar refractivity (Wildman–Crippen MR) is 105 cm³/mol. The third kappa shape index (κ3) is 5.08. The van der Waals surface area contributed by atoms with Crippen LogP contribution in [0.1, 0.15) is 11.1 Å². The molecule has 0 spiro atoms. The van der Waals surface area contributed by atoms with Crippen molar-refractivity contribution in [2.75, 3.05) is 19.0 Å². The number of hydrogen-bond donors (Lipinski definition) is 1. The average Bonchev–Trinajstić information content (AvgIpc) is 3.14. The van der Waals surface area contributed by atoms with Gasteiger partial charge in [0.05, 0.1) is 25.3 Å². The van der Waals surface area contributed by atoms with Crippen LogP contribution in [0.25, 0.3) is 0 Å². The first-order chi connectivity index (χ1) is 13.6. The molecule has 28 heavy (non-hydrogen) atoms. The molecule has 8 nitrogen and oxygen atoms in total. The summed E-state index contributed by atoms with van der Waals surface area (Å²) in [6.45, 7) is 0.290. The molecule has 0 radical (unpaired) electrons. The predicted octanol–water partition coefficient (Wildman–Crippen LogP) is 2.99. The number of halogens is 1. The Bertz CT molecular complexity index is 1010. The summed E-state index contributed by atoms with van der Waals surface area (Å²) in [5, 5.41) is 15.7. The number of nitrogens with one attached hydrogen (secondary N) is 1. The first kappa shape index (κ1) is 19.4. The number of carbonyl (C=O) groups is 1. The molecule has 0 atom stereocenters. The number of rotatable bonds is 7. The molecule has 0 saturated carbocycles. The lowest BCUT2D eigenvalue weighted by Crippen LogP contribution is -2.21. The van der Waals surface area contributed by atoms with Crippen LogP contribution in [0, 0.1) is 11.3 Å². The van der Waals surface area contributed by atoms with Crippen molar-refractivity contribution in [3.8, 4) is 17.6 Å². The fourth-order valence-electron chi connectivity index (χ4n) is 2.37. The second-order valence-electron chi connectivity index (χ2n) is 5.71. The van der Waals surface area contributed by atoms with Gasteiger partial charge in [-0.1, -0.05) is 28.1 Å². The van der Waals surface area contributed by atoms with Crippen molar-refractivity contribution in [3.05, 3.63) is 64.4 Å². The zero-order chi connectivity index (χ0) is 19.9. The topological polar surface area (TPSA) is 102 Å². The number of nitriles is 1. The second kappa shape index (κ2) is 9.01. The quantitative estimate of drug-likeness (QED) is 0.604. The van der Waals surface area contributed by atoms with Crippen LogP contribution in [0.15, 0.2) is 53.3 Å². The maximum absolute atomic E-state index is 12.1. The zero-order valence-corrected chi connectivity index (χ0v) is 16.5. The Kier molecular flexibility index (Phi) is 6.24. The normalized spacial score (nSPS) is 10.2. The van der Waals surface area contributed by atoms with E-state index in [1.54, 1.807) is 29.2 Å². The van der Waals surface area contributed by atoms with Crippen LogP contribution in [-0.4, -0.2) is 34.4 Å². The summed E-state index contributed by atoms with van der Waals surface area (Å²) in [5.74, 6) is 0.527. The van der Waals surface area contributed by atoms with E-state index in [2.05, 4.69) is 31.3 Å². The number of amides is 1. The minimum atomic E-state index is -0.409. The number of carbonyl (C=O) groups excluding carboxylic acids is 1. The average molecular weight is 442 g/mol. The van der Waals surface area contributed by atoms with Crippen molar-refractivity contribution < 1.29 is 14.3 Å². The molecule has 0 unspecified atom stereocenters. The molecule has 0 aliphatic heterocycles. The highest BCUT2D eigenvalue weighted by Crippen LogP contribution is 2.27. The summed E-state index contributed by atoms with van der Waals surface area (Å²) in [7, 11) is 1.46. The van der Waals surface area contributed by atoms with E-state index in [0.29, 0.717) is 23.6 Å². The molecular formula is C19H16BrN5O3. The molecule has 9 heteroatoms. The van der Waals surface area contributed by atoms with Crippen LogP contribution in [0.3, 0.4) is 0 Å². The Morgan fingerprint density at radius 2 is 2.04 bits per heavy atom. The van der Waals surface area contributed by atoms with Crippen molar-refractivity contribution >= 4 is 27.8 Å². The standard InChI is InChI=1S/C19H16BrN5O3/c1-27-17-8-14(9-21)4-7-16(17)28-11-18(26)23-19-22-12-25(24-19)10-13-2-5-15(20)6-3-13/h2-8,12H,10-11H2,1H3,(H,23,24,26). The lowest BCUT2D eigenvalue weighted by atomic mass is 10.2.